The molecule has 0 unspecified atom stereocenters. The molecule has 0 radical (unpaired) electrons. The molecule has 3 aromatic heterocycles. The van der Waals surface area contributed by atoms with Crippen molar-refractivity contribution in [2.75, 3.05) is 5.73 Å². The van der Waals surface area contributed by atoms with Crippen molar-refractivity contribution in [2.45, 2.75) is 0 Å². The first-order valence-corrected chi connectivity index (χ1v) is 5.48. The van der Waals surface area contributed by atoms with Crippen LogP contribution in [0.4, 0.5) is 5.82 Å². The van der Waals surface area contributed by atoms with Crippen molar-refractivity contribution < 1.29 is 0 Å². The number of nitrogens with one attached hydrogen (secondary N) is 1. The lowest BCUT2D eigenvalue weighted by Crippen LogP contribution is -1.89. The molecule has 0 aliphatic carbocycles. The van der Waals surface area contributed by atoms with Crippen LogP contribution >= 0.6 is 0 Å². The smallest absolute Gasteiger partial charge is 0.153 e. The number of hydrogen-bond donors (Lipinski definition) is 2. The third-order valence-electron chi connectivity index (χ3n) is 2.72. The van der Waals surface area contributed by atoms with Crippen LogP contribution in [0.15, 0.2) is 37.1 Å². The van der Waals surface area contributed by atoms with E-state index in [9.17, 15) is 0 Å². The molecule has 0 saturated carbocycles. The SMILES string of the molecule is Cn1cnc(-c2[nH]nc(N)c2-c2ccncc2)c1. The van der Waals surface area contributed by atoms with Gasteiger partial charge in [-0.05, 0) is 17.7 Å². The van der Waals surface area contributed by atoms with E-state index >= 15 is 0 Å². The summed E-state index contributed by atoms with van der Waals surface area (Å²) in [5.74, 6) is 0.460. The zero-order valence-electron chi connectivity index (χ0n) is 9.83. The average Bonchev–Trinajstić information content (AvgIpc) is 2.96. The van der Waals surface area contributed by atoms with Gasteiger partial charge >= 0.3 is 0 Å². The Labute approximate surface area is 104 Å². The summed E-state index contributed by atoms with van der Waals surface area (Å²) in [6.07, 6.45) is 7.11. The van der Waals surface area contributed by atoms with Crippen molar-refractivity contribution in [3.05, 3.63) is 37.1 Å². The van der Waals surface area contributed by atoms with Gasteiger partial charge in [-0.15, -0.1) is 0 Å². The maximum Gasteiger partial charge on any atom is 0.153 e. The Morgan fingerprint density at radius 3 is 2.72 bits per heavy atom. The maximum absolute atomic E-state index is 5.92. The number of anilines is 1. The number of hydrogen-bond acceptors (Lipinski definition) is 4. The second-order valence-electron chi connectivity index (χ2n) is 4.02. The number of rotatable bonds is 2. The van der Waals surface area contributed by atoms with E-state index in [4.69, 9.17) is 5.73 Å². The van der Waals surface area contributed by atoms with Crippen LogP contribution in [0.5, 0.6) is 0 Å². The van der Waals surface area contributed by atoms with Gasteiger partial charge in [0.2, 0.25) is 0 Å². The van der Waals surface area contributed by atoms with E-state index in [0.717, 1.165) is 22.5 Å². The van der Waals surface area contributed by atoms with Crippen LogP contribution in [-0.2, 0) is 7.05 Å². The topological polar surface area (TPSA) is 85.4 Å². The molecule has 3 rings (SSSR count). The molecule has 0 atom stereocenters. The van der Waals surface area contributed by atoms with Gasteiger partial charge in [-0.1, -0.05) is 0 Å². The average molecular weight is 240 g/mol. The minimum absolute atomic E-state index is 0.460. The third kappa shape index (κ3) is 1.64. The highest BCUT2D eigenvalue weighted by Gasteiger charge is 2.16. The molecule has 90 valence electrons. The molecular formula is C12H12N6. The zero-order valence-corrected chi connectivity index (χ0v) is 9.83. The second-order valence-corrected chi connectivity index (χ2v) is 4.02. The van der Waals surface area contributed by atoms with Crippen LogP contribution in [0.3, 0.4) is 0 Å². The van der Waals surface area contributed by atoms with Gasteiger partial charge in [0.05, 0.1) is 17.6 Å². The fraction of sp³-hybridized carbons (Fsp3) is 0.0833. The van der Waals surface area contributed by atoms with E-state index in [0.29, 0.717) is 5.82 Å². The Hall–Kier alpha value is -2.63. The van der Waals surface area contributed by atoms with E-state index in [1.807, 2.05) is 29.9 Å². The van der Waals surface area contributed by atoms with Crippen LogP contribution in [0.1, 0.15) is 0 Å². The summed E-state index contributed by atoms with van der Waals surface area (Å²) in [5.41, 5.74) is 9.38. The molecule has 3 aromatic rings. The van der Waals surface area contributed by atoms with Gasteiger partial charge in [0.15, 0.2) is 5.82 Å². The van der Waals surface area contributed by atoms with Crippen molar-refractivity contribution >= 4 is 5.82 Å². The number of aryl methyl sites for hydroxylation is 1. The molecule has 6 heteroatoms. The lowest BCUT2D eigenvalue weighted by Gasteiger charge is -2.01. The summed E-state index contributed by atoms with van der Waals surface area (Å²) in [6, 6.07) is 3.79. The number of nitrogens with zero attached hydrogens (tertiary/aromatic N) is 4. The number of aromatic amines is 1. The third-order valence-corrected chi connectivity index (χ3v) is 2.72. The van der Waals surface area contributed by atoms with Gasteiger partial charge in [-0.2, -0.15) is 5.10 Å². The van der Waals surface area contributed by atoms with Crippen LogP contribution in [0, 0.1) is 0 Å². The minimum atomic E-state index is 0.460. The molecular weight excluding hydrogens is 228 g/mol. The van der Waals surface area contributed by atoms with E-state index in [2.05, 4.69) is 20.2 Å². The molecule has 0 aliphatic rings. The molecule has 0 spiro atoms. The second kappa shape index (κ2) is 3.99. The number of aromatic nitrogens is 5. The first kappa shape index (κ1) is 10.5. The molecule has 0 aliphatic heterocycles. The highest BCUT2D eigenvalue weighted by Crippen LogP contribution is 2.33. The van der Waals surface area contributed by atoms with Crippen molar-refractivity contribution in [3.63, 3.8) is 0 Å². The van der Waals surface area contributed by atoms with E-state index in [1.54, 1.807) is 18.7 Å². The quantitative estimate of drug-likeness (QED) is 0.710. The first-order chi connectivity index (χ1) is 8.75. The summed E-state index contributed by atoms with van der Waals surface area (Å²) >= 11 is 0. The standard InChI is InChI=1S/C12H12N6/c1-18-6-9(15-7-18)11-10(12(13)17-16-11)8-2-4-14-5-3-8/h2-7H,1H3,(H3,13,16,17). The summed E-state index contributed by atoms with van der Waals surface area (Å²) in [4.78, 5) is 8.31. The van der Waals surface area contributed by atoms with Crippen molar-refractivity contribution in [2.24, 2.45) is 7.05 Å². The van der Waals surface area contributed by atoms with Crippen LogP contribution in [0.2, 0.25) is 0 Å². The maximum atomic E-state index is 5.92. The number of imidazole rings is 1. The summed E-state index contributed by atoms with van der Waals surface area (Å²) < 4.78 is 1.88. The van der Waals surface area contributed by atoms with Gasteiger partial charge < -0.3 is 10.3 Å². The Kier molecular flexibility index (Phi) is 2.33. The van der Waals surface area contributed by atoms with Crippen LogP contribution < -0.4 is 5.73 Å². The van der Waals surface area contributed by atoms with Gasteiger partial charge in [0.25, 0.3) is 0 Å². The van der Waals surface area contributed by atoms with Crippen LogP contribution in [-0.4, -0.2) is 24.7 Å². The molecule has 6 nitrogen and oxygen atoms in total. The van der Waals surface area contributed by atoms with Gasteiger partial charge in [-0.3, -0.25) is 10.1 Å². The highest BCUT2D eigenvalue weighted by molar-refractivity contribution is 5.86. The number of nitrogens with two attached hydrogens (primary N) is 1. The first-order valence-electron chi connectivity index (χ1n) is 5.48. The zero-order chi connectivity index (χ0) is 12.5. The molecule has 3 heterocycles. The van der Waals surface area contributed by atoms with E-state index in [-0.39, 0.29) is 0 Å². The van der Waals surface area contributed by atoms with Gasteiger partial charge in [0.1, 0.15) is 5.69 Å². The Balaban J connectivity index is 2.18. The highest BCUT2D eigenvalue weighted by atomic mass is 15.2. The van der Waals surface area contributed by atoms with E-state index < -0.39 is 0 Å². The Bertz CT molecular complexity index is 667. The number of pyridine rings is 1. The minimum Gasteiger partial charge on any atom is -0.382 e. The summed E-state index contributed by atoms with van der Waals surface area (Å²) in [5, 5.41) is 6.99. The predicted molar refractivity (Wildman–Crippen MR) is 68.4 cm³/mol. The van der Waals surface area contributed by atoms with Crippen molar-refractivity contribution in [3.8, 4) is 22.5 Å². The lowest BCUT2D eigenvalue weighted by atomic mass is 10.1. The summed E-state index contributed by atoms with van der Waals surface area (Å²) in [6.45, 7) is 0. The van der Waals surface area contributed by atoms with Crippen molar-refractivity contribution in [1.82, 2.24) is 24.7 Å². The molecule has 0 saturated heterocycles. The van der Waals surface area contributed by atoms with E-state index in [1.165, 1.54) is 0 Å². The molecule has 0 fully saturated rings. The number of H-pyrrole nitrogens is 1. The Morgan fingerprint density at radius 2 is 2.06 bits per heavy atom. The summed E-state index contributed by atoms with van der Waals surface area (Å²) in [7, 11) is 1.92. The molecule has 18 heavy (non-hydrogen) atoms. The predicted octanol–water partition coefficient (Wildman–Crippen LogP) is 1.45. The van der Waals surface area contributed by atoms with Gasteiger partial charge in [0, 0.05) is 25.6 Å². The van der Waals surface area contributed by atoms with Crippen LogP contribution in [0.25, 0.3) is 22.5 Å². The fourth-order valence-electron chi connectivity index (χ4n) is 1.89. The fourth-order valence-corrected chi connectivity index (χ4v) is 1.89. The van der Waals surface area contributed by atoms with Crippen molar-refractivity contribution in [1.29, 1.82) is 0 Å². The monoisotopic (exact) mass is 240 g/mol. The largest absolute Gasteiger partial charge is 0.382 e. The molecule has 0 bridgehead atoms. The molecule has 0 amide bonds. The molecule has 0 aromatic carbocycles. The molecule has 3 N–H and O–H groups in total. The Morgan fingerprint density at radius 1 is 1.28 bits per heavy atom. The van der Waals surface area contributed by atoms with Gasteiger partial charge in [-0.25, -0.2) is 4.98 Å². The number of nitrogen functional groups attached to an aromatic ring is 1. The lowest BCUT2D eigenvalue weighted by molar-refractivity contribution is 0.913. The normalized spacial score (nSPS) is 10.7.